The number of aryl methyl sites for hydroxylation is 1. The van der Waals surface area contributed by atoms with Gasteiger partial charge >= 0.3 is 0 Å². The van der Waals surface area contributed by atoms with Gasteiger partial charge in [-0.15, -0.1) is 0 Å². The summed E-state index contributed by atoms with van der Waals surface area (Å²) in [6.07, 6.45) is 1.01. The summed E-state index contributed by atoms with van der Waals surface area (Å²) < 4.78 is 8.24. The van der Waals surface area contributed by atoms with Crippen molar-refractivity contribution in [2.24, 2.45) is 0 Å². The van der Waals surface area contributed by atoms with Crippen molar-refractivity contribution in [2.75, 3.05) is 13.2 Å². The molecule has 0 atom stereocenters. The number of carbonyl (C=O) groups excluding carboxylic acids is 1. The van der Waals surface area contributed by atoms with Gasteiger partial charge in [0, 0.05) is 13.0 Å². The van der Waals surface area contributed by atoms with Crippen LogP contribution in [0.2, 0.25) is 0 Å². The van der Waals surface area contributed by atoms with Crippen LogP contribution in [0.4, 0.5) is 0 Å². The third kappa shape index (κ3) is 6.07. The first-order chi connectivity index (χ1) is 18.2. The third-order valence-electron chi connectivity index (χ3n) is 6.50. The van der Waals surface area contributed by atoms with Crippen LogP contribution in [0.5, 0.6) is 5.75 Å². The lowest BCUT2D eigenvalue weighted by Gasteiger charge is -2.12. The normalized spacial score (nSPS) is 10.9. The molecule has 0 bridgehead atoms. The zero-order chi connectivity index (χ0) is 25.5. The van der Waals surface area contributed by atoms with Crippen molar-refractivity contribution in [2.45, 2.75) is 26.3 Å². The number of imidazole rings is 1. The second kappa shape index (κ2) is 11.6. The summed E-state index contributed by atoms with van der Waals surface area (Å²) in [5, 5.41) is 3.06. The number of amides is 1. The van der Waals surface area contributed by atoms with Crippen LogP contribution in [-0.4, -0.2) is 28.6 Å². The highest BCUT2D eigenvalue weighted by atomic mass is 16.5. The van der Waals surface area contributed by atoms with Gasteiger partial charge in [-0.3, -0.25) is 4.79 Å². The van der Waals surface area contributed by atoms with E-state index in [1.807, 2.05) is 79.7 Å². The van der Waals surface area contributed by atoms with E-state index in [-0.39, 0.29) is 5.91 Å². The average molecular weight is 490 g/mol. The molecule has 0 spiro atoms. The van der Waals surface area contributed by atoms with Crippen LogP contribution in [0.25, 0.3) is 22.2 Å². The van der Waals surface area contributed by atoms with E-state index in [1.165, 1.54) is 5.56 Å². The van der Waals surface area contributed by atoms with Crippen molar-refractivity contribution in [3.05, 3.63) is 120 Å². The second-order valence-corrected chi connectivity index (χ2v) is 9.12. The fourth-order valence-electron chi connectivity index (χ4n) is 4.54. The fraction of sp³-hybridized carbons (Fsp3) is 0.188. The Bertz CT molecular complexity index is 1470. The number of para-hydroxylation sites is 3. The van der Waals surface area contributed by atoms with E-state index in [0.29, 0.717) is 32.5 Å². The van der Waals surface area contributed by atoms with Crippen LogP contribution >= 0.6 is 0 Å². The maximum absolute atomic E-state index is 12.6. The highest BCUT2D eigenvalue weighted by Gasteiger charge is 2.12. The number of benzene rings is 4. The van der Waals surface area contributed by atoms with Gasteiger partial charge < -0.3 is 14.6 Å². The van der Waals surface area contributed by atoms with Gasteiger partial charge in [0.25, 0.3) is 0 Å². The Morgan fingerprint density at radius 1 is 0.838 bits per heavy atom. The van der Waals surface area contributed by atoms with E-state index in [1.54, 1.807) is 0 Å². The summed E-state index contributed by atoms with van der Waals surface area (Å²) in [6, 6.07) is 34.6. The van der Waals surface area contributed by atoms with Crippen LogP contribution in [0.1, 0.15) is 17.0 Å². The molecule has 4 aromatic carbocycles. The van der Waals surface area contributed by atoms with E-state index in [9.17, 15) is 4.79 Å². The summed E-state index contributed by atoms with van der Waals surface area (Å²) >= 11 is 0. The van der Waals surface area contributed by atoms with Crippen molar-refractivity contribution >= 4 is 16.9 Å². The van der Waals surface area contributed by atoms with E-state index in [4.69, 9.17) is 9.72 Å². The molecular weight excluding hydrogens is 458 g/mol. The molecule has 1 amide bonds. The van der Waals surface area contributed by atoms with E-state index in [0.717, 1.165) is 39.3 Å². The smallest absolute Gasteiger partial charge is 0.224 e. The lowest BCUT2D eigenvalue weighted by atomic mass is 10.0. The van der Waals surface area contributed by atoms with Crippen LogP contribution in [0, 0.1) is 6.92 Å². The molecule has 0 saturated heterocycles. The largest absolute Gasteiger partial charge is 0.491 e. The molecule has 1 heterocycles. The molecule has 186 valence electrons. The molecule has 5 rings (SSSR count). The number of nitrogens with zero attached hydrogens (tertiary/aromatic N) is 2. The van der Waals surface area contributed by atoms with Crippen molar-refractivity contribution in [3.8, 4) is 16.9 Å². The van der Waals surface area contributed by atoms with Crippen molar-refractivity contribution in [1.82, 2.24) is 14.9 Å². The molecule has 0 radical (unpaired) electrons. The van der Waals surface area contributed by atoms with E-state index >= 15 is 0 Å². The summed E-state index contributed by atoms with van der Waals surface area (Å²) in [4.78, 5) is 17.4. The van der Waals surface area contributed by atoms with Gasteiger partial charge in [-0.05, 0) is 47.4 Å². The Hall–Kier alpha value is -4.38. The van der Waals surface area contributed by atoms with Crippen molar-refractivity contribution in [1.29, 1.82) is 0 Å². The minimum absolute atomic E-state index is 0.0120. The molecular formula is C32H31N3O2. The highest BCUT2D eigenvalue weighted by molar-refractivity contribution is 5.79. The van der Waals surface area contributed by atoms with Crippen molar-refractivity contribution < 1.29 is 9.53 Å². The molecule has 1 N–H and O–H groups in total. The van der Waals surface area contributed by atoms with Gasteiger partial charge in [0.05, 0.1) is 24.0 Å². The molecule has 0 aliphatic rings. The van der Waals surface area contributed by atoms with Gasteiger partial charge in [0.1, 0.15) is 18.2 Å². The first-order valence-corrected chi connectivity index (χ1v) is 12.7. The van der Waals surface area contributed by atoms with E-state index < -0.39 is 0 Å². The van der Waals surface area contributed by atoms with E-state index in [2.05, 4.69) is 40.2 Å². The number of carbonyl (C=O) groups is 1. The van der Waals surface area contributed by atoms with Crippen molar-refractivity contribution in [3.63, 3.8) is 0 Å². The molecule has 0 fully saturated rings. The Labute approximate surface area is 217 Å². The van der Waals surface area contributed by atoms with Gasteiger partial charge in [0.15, 0.2) is 0 Å². The molecule has 5 nitrogen and oxygen atoms in total. The van der Waals surface area contributed by atoms with Gasteiger partial charge in [-0.2, -0.15) is 0 Å². The molecule has 1 aromatic heterocycles. The second-order valence-electron chi connectivity index (χ2n) is 9.12. The average Bonchev–Trinajstić information content (AvgIpc) is 3.28. The molecule has 0 saturated carbocycles. The standard InChI is InChI=1S/C32H31N3O2/c1-24-9-5-8-14-30(24)37-22-21-35-29-13-7-6-12-28(29)34-31(35)19-20-33-32(36)23-25-15-17-27(18-16-25)26-10-3-2-4-11-26/h2-18H,19-23H2,1H3,(H,33,36). The lowest BCUT2D eigenvalue weighted by molar-refractivity contribution is -0.120. The summed E-state index contributed by atoms with van der Waals surface area (Å²) in [5.41, 5.74) is 6.48. The molecule has 5 aromatic rings. The topological polar surface area (TPSA) is 56.1 Å². The van der Waals surface area contributed by atoms with Crippen LogP contribution < -0.4 is 10.1 Å². The quantitative estimate of drug-likeness (QED) is 0.262. The molecule has 0 unspecified atom stereocenters. The zero-order valence-corrected chi connectivity index (χ0v) is 21.1. The number of nitrogens with one attached hydrogen (secondary N) is 1. The maximum atomic E-state index is 12.6. The number of ether oxygens (including phenoxy) is 1. The number of aromatic nitrogens is 2. The van der Waals surface area contributed by atoms with Gasteiger partial charge in [0.2, 0.25) is 5.91 Å². The Kier molecular flexibility index (Phi) is 7.60. The summed E-state index contributed by atoms with van der Waals surface area (Å²) in [7, 11) is 0. The zero-order valence-electron chi connectivity index (χ0n) is 21.1. The minimum atomic E-state index is 0.0120. The number of hydrogen-bond acceptors (Lipinski definition) is 3. The predicted molar refractivity (Wildman–Crippen MR) is 149 cm³/mol. The molecule has 0 aliphatic heterocycles. The van der Waals surface area contributed by atoms with Gasteiger partial charge in [-0.25, -0.2) is 4.98 Å². The fourth-order valence-corrected chi connectivity index (χ4v) is 4.54. The predicted octanol–water partition coefficient (Wildman–Crippen LogP) is 5.99. The first-order valence-electron chi connectivity index (χ1n) is 12.7. The number of fused-ring (bicyclic) bond motifs is 1. The number of rotatable bonds is 10. The Balaban J connectivity index is 1.17. The van der Waals surface area contributed by atoms with Crippen LogP contribution in [-0.2, 0) is 24.2 Å². The number of hydrogen-bond donors (Lipinski definition) is 1. The first kappa shape index (κ1) is 24.3. The van der Waals surface area contributed by atoms with Gasteiger partial charge in [-0.1, -0.05) is 84.9 Å². The monoisotopic (exact) mass is 489 g/mol. The molecule has 5 heteroatoms. The third-order valence-corrected chi connectivity index (χ3v) is 6.50. The summed E-state index contributed by atoms with van der Waals surface area (Å²) in [5.74, 6) is 1.86. The van der Waals surface area contributed by atoms with Crippen LogP contribution in [0.3, 0.4) is 0 Å². The lowest BCUT2D eigenvalue weighted by Crippen LogP contribution is -2.28. The molecule has 37 heavy (non-hydrogen) atoms. The SMILES string of the molecule is Cc1ccccc1OCCn1c(CCNC(=O)Cc2ccc(-c3ccccc3)cc2)nc2ccccc21. The summed E-state index contributed by atoms with van der Waals surface area (Å²) in [6.45, 7) is 3.81. The maximum Gasteiger partial charge on any atom is 0.224 e. The van der Waals surface area contributed by atoms with Crippen LogP contribution in [0.15, 0.2) is 103 Å². The Morgan fingerprint density at radius 3 is 2.35 bits per heavy atom. The Morgan fingerprint density at radius 2 is 1.54 bits per heavy atom. The minimum Gasteiger partial charge on any atom is -0.491 e. The highest BCUT2D eigenvalue weighted by Crippen LogP contribution is 2.20. The molecule has 0 aliphatic carbocycles.